The Bertz CT molecular complexity index is 863. The van der Waals surface area contributed by atoms with Crippen LogP contribution in [0.4, 0.5) is 0 Å². The molecule has 2 aliphatic heterocycles. The summed E-state index contributed by atoms with van der Waals surface area (Å²) in [5.74, 6) is 2.52. The van der Waals surface area contributed by atoms with Gasteiger partial charge >= 0.3 is 0 Å². The Morgan fingerprint density at radius 1 is 1.12 bits per heavy atom. The molecule has 2 saturated heterocycles. The van der Waals surface area contributed by atoms with Crippen molar-refractivity contribution in [2.75, 3.05) is 32.7 Å². The van der Waals surface area contributed by atoms with Crippen molar-refractivity contribution >= 4 is 17.7 Å². The fourth-order valence-electron chi connectivity index (χ4n) is 4.80. The Labute approximate surface area is 196 Å². The van der Waals surface area contributed by atoms with Gasteiger partial charge in [-0.3, -0.25) is 14.7 Å². The van der Waals surface area contributed by atoms with Gasteiger partial charge in [0.15, 0.2) is 5.16 Å². The minimum Gasteiger partial charge on any atom is -0.342 e. The summed E-state index contributed by atoms with van der Waals surface area (Å²) in [6.45, 7) is 8.67. The zero-order valence-corrected chi connectivity index (χ0v) is 20.3. The molecule has 4 rings (SSSR count). The van der Waals surface area contributed by atoms with E-state index in [1.54, 1.807) is 18.0 Å². The smallest absolute Gasteiger partial charge is 0.236 e. The summed E-state index contributed by atoms with van der Waals surface area (Å²) in [6, 6.07) is 4.36. The second kappa shape index (κ2) is 11.3. The van der Waals surface area contributed by atoms with Crippen LogP contribution in [-0.4, -0.2) is 68.2 Å². The van der Waals surface area contributed by atoms with Gasteiger partial charge in [0.05, 0.1) is 6.54 Å². The van der Waals surface area contributed by atoms with E-state index in [0.717, 1.165) is 68.6 Å². The number of rotatable bonds is 7. The molecule has 0 spiro atoms. The summed E-state index contributed by atoms with van der Waals surface area (Å²) in [5.41, 5.74) is 1.19. The second-order valence-corrected chi connectivity index (χ2v) is 10.3. The molecule has 7 nitrogen and oxygen atoms in total. The molecule has 0 radical (unpaired) electrons. The van der Waals surface area contributed by atoms with Crippen LogP contribution in [0.5, 0.6) is 0 Å². The lowest BCUT2D eigenvalue weighted by Gasteiger charge is -2.33. The molecule has 0 aromatic carbocycles. The number of amides is 1. The number of hydrogen-bond acceptors (Lipinski definition) is 6. The standard InChI is InChI=1S/C24H36N6OS/c1-19(2)30-23(26-27-24(30)32-18-20-9-7-11-25-15-20)21-10-8-12-28(16-21)17-22(31)29-13-5-3-4-6-14-29/h7,9,11,15,19,21H,3-6,8,10,12-14,16-18H2,1-2H3. The van der Waals surface area contributed by atoms with Crippen molar-refractivity contribution in [1.29, 1.82) is 0 Å². The maximum Gasteiger partial charge on any atom is 0.236 e. The van der Waals surface area contributed by atoms with E-state index in [0.29, 0.717) is 24.4 Å². The molecule has 174 valence electrons. The Balaban J connectivity index is 1.41. The molecule has 1 unspecified atom stereocenters. The zero-order valence-electron chi connectivity index (χ0n) is 19.4. The van der Waals surface area contributed by atoms with E-state index in [1.807, 2.05) is 12.3 Å². The largest absolute Gasteiger partial charge is 0.342 e. The Kier molecular flexibility index (Phi) is 8.19. The third-order valence-electron chi connectivity index (χ3n) is 6.49. The highest BCUT2D eigenvalue weighted by atomic mass is 32.2. The average Bonchev–Trinajstić information content (AvgIpc) is 3.04. The van der Waals surface area contributed by atoms with E-state index < -0.39 is 0 Å². The number of carbonyl (C=O) groups excluding carboxylic acids is 1. The SMILES string of the molecule is CC(C)n1c(SCc2cccnc2)nnc1C1CCCN(CC(=O)N2CCCCCC2)C1. The number of thioether (sulfide) groups is 1. The molecule has 8 heteroatoms. The number of likely N-dealkylation sites (tertiary alicyclic amines) is 2. The van der Waals surface area contributed by atoms with Crippen molar-refractivity contribution in [2.45, 2.75) is 75.2 Å². The van der Waals surface area contributed by atoms with Crippen LogP contribution in [0, 0.1) is 0 Å². The van der Waals surface area contributed by atoms with Crippen LogP contribution in [0.15, 0.2) is 29.7 Å². The molecule has 4 heterocycles. The molecular formula is C24H36N6OS. The summed E-state index contributed by atoms with van der Waals surface area (Å²) < 4.78 is 2.30. The Morgan fingerprint density at radius 2 is 1.94 bits per heavy atom. The first-order chi connectivity index (χ1) is 15.6. The molecule has 1 amide bonds. The third kappa shape index (κ3) is 5.90. The van der Waals surface area contributed by atoms with Crippen LogP contribution in [0.2, 0.25) is 0 Å². The van der Waals surface area contributed by atoms with Gasteiger partial charge in [-0.15, -0.1) is 10.2 Å². The van der Waals surface area contributed by atoms with E-state index in [1.165, 1.54) is 18.4 Å². The molecule has 0 N–H and O–H groups in total. The number of aromatic nitrogens is 4. The quantitative estimate of drug-likeness (QED) is 0.584. The van der Waals surface area contributed by atoms with Gasteiger partial charge in [0.25, 0.3) is 0 Å². The zero-order chi connectivity index (χ0) is 22.3. The first kappa shape index (κ1) is 23.2. The highest BCUT2D eigenvalue weighted by molar-refractivity contribution is 7.98. The molecule has 0 bridgehead atoms. The molecule has 2 fully saturated rings. The first-order valence-corrected chi connectivity index (χ1v) is 13.1. The van der Waals surface area contributed by atoms with E-state index in [2.05, 4.69) is 49.5 Å². The van der Waals surface area contributed by atoms with Crippen LogP contribution in [0.3, 0.4) is 0 Å². The highest BCUT2D eigenvalue weighted by Gasteiger charge is 2.29. The number of nitrogens with zero attached hydrogens (tertiary/aromatic N) is 6. The molecule has 0 aliphatic carbocycles. The summed E-state index contributed by atoms with van der Waals surface area (Å²) in [4.78, 5) is 21.5. The van der Waals surface area contributed by atoms with Crippen molar-refractivity contribution < 1.29 is 4.79 Å². The van der Waals surface area contributed by atoms with E-state index in [4.69, 9.17) is 0 Å². The fourth-order valence-corrected chi connectivity index (χ4v) is 5.81. The van der Waals surface area contributed by atoms with E-state index >= 15 is 0 Å². The van der Waals surface area contributed by atoms with Crippen molar-refractivity contribution in [3.05, 3.63) is 35.9 Å². The lowest BCUT2D eigenvalue weighted by molar-refractivity contribution is -0.132. The van der Waals surface area contributed by atoms with Gasteiger partial charge in [0.1, 0.15) is 5.82 Å². The van der Waals surface area contributed by atoms with Crippen molar-refractivity contribution in [2.24, 2.45) is 0 Å². The van der Waals surface area contributed by atoms with Crippen LogP contribution in [0.1, 0.15) is 75.7 Å². The van der Waals surface area contributed by atoms with Crippen molar-refractivity contribution in [1.82, 2.24) is 29.5 Å². The summed E-state index contributed by atoms with van der Waals surface area (Å²) in [6.07, 6.45) is 10.7. The van der Waals surface area contributed by atoms with Gasteiger partial charge < -0.3 is 9.47 Å². The lowest BCUT2D eigenvalue weighted by atomic mass is 9.97. The predicted octanol–water partition coefficient (Wildman–Crippen LogP) is 4.13. The van der Waals surface area contributed by atoms with E-state index in [-0.39, 0.29) is 0 Å². The van der Waals surface area contributed by atoms with Gasteiger partial charge in [-0.2, -0.15) is 0 Å². The van der Waals surface area contributed by atoms with Gasteiger partial charge in [0.2, 0.25) is 5.91 Å². The minimum atomic E-state index is 0.297. The maximum absolute atomic E-state index is 12.9. The van der Waals surface area contributed by atoms with Gasteiger partial charge in [0, 0.05) is 49.7 Å². The topological polar surface area (TPSA) is 67.2 Å². The molecule has 2 aliphatic rings. The predicted molar refractivity (Wildman–Crippen MR) is 128 cm³/mol. The number of carbonyl (C=O) groups is 1. The van der Waals surface area contributed by atoms with Crippen LogP contribution in [-0.2, 0) is 10.5 Å². The number of hydrogen-bond donors (Lipinski definition) is 0. The highest BCUT2D eigenvalue weighted by Crippen LogP contribution is 2.32. The molecule has 0 saturated carbocycles. The summed E-state index contributed by atoms with van der Waals surface area (Å²) >= 11 is 1.72. The Morgan fingerprint density at radius 3 is 2.66 bits per heavy atom. The molecule has 2 aromatic heterocycles. The molecule has 2 aromatic rings. The van der Waals surface area contributed by atoms with E-state index in [9.17, 15) is 4.79 Å². The van der Waals surface area contributed by atoms with Crippen LogP contribution >= 0.6 is 11.8 Å². The monoisotopic (exact) mass is 456 g/mol. The minimum absolute atomic E-state index is 0.297. The van der Waals surface area contributed by atoms with Crippen LogP contribution in [0.25, 0.3) is 0 Å². The second-order valence-electron chi connectivity index (χ2n) is 9.32. The maximum atomic E-state index is 12.9. The lowest BCUT2D eigenvalue weighted by Crippen LogP contribution is -2.44. The Hall–Kier alpha value is -1.93. The van der Waals surface area contributed by atoms with Crippen molar-refractivity contribution in [3.63, 3.8) is 0 Å². The molecular weight excluding hydrogens is 420 g/mol. The van der Waals surface area contributed by atoms with Crippen molar-refractivity contribution in [3.8, 4) is 0 Å². The number of pyridine rings is 1. The van der Waals surface area contributed by atoms with Gasteiger partial charge in [-0.25, -0.2) is 0 Å². The van der Waals surface area contributed by atoms with Crippen LogP contribution < -0.4 is 0 Å². The normalized spacial score (nSPS) is 20.5. The summed E-state index contributed by atoms with van der Waals surface area (Å²) in [7, 11) is 0. The summed E-state index contributed by atoms with van der Waals surface area (Å²) in [5, 5.41) is 10.2. The average molecular weight is 457 g/mol. The molecule has 32 heavy (non-hydrogen) atoms. The first-order valence-electron chi connectivity index (χ1n) is 12.1. The number of piperidine rings is 1. The van der Waals surface area contributed by atoms with Gasteiger partial charge in [-0.05, 0) is 57.7 Å². The molecule has 1 atom stereocenters. The van der Waals surface area contributed by atoms with Gasteiger partial charge in [-0.1, -0.05) is 30.7 Å². The third-order valence-corrected chi connectivity index (χ3v) is 7.50. The fraction of sp³-hybridized carbons (Fsp3) is 0.667.